The van der Waals surface area contributed by atoms with Crippen LogP contribution in [0.1, 0.15) is 179 Å². The first-order valence-corrected chi connectivity index (χ1v) is 44.1. The predicted octanol–water partition coefficient (Wildman–Crippen LogP) is 24.0. The number of para-hydroxylation sites is 6. The summed E-state index contributed by atoms with van der Waals surface area (Å²) in [5.74, 6) is 1.11. The van der Waals surface area contributed by atoms with Gasteiger partial charge in [0, 0.05) is 184 Å². The van der Waals surface area contributed by atoms with Crippen molar-refractivity contribution < 1.29 is 115 Å². The van der Waals surface area contributed by atoms with Gasteiger partial charge in [-0.25, -0.2) is 39.9 Å². The monoisotopic (exact) mass is 2530 g/mol. The Labute approximate surface area is 853 Å². The maximum atomic E-state index is 11.7. The molecular weight excluding hydrogens is 2450 g/mol. The Kier molecular flexibility index (Phi) is 25.7. The molecule has 24 rings (SSSR count). The van der Waals surface area contributed by atoms with Crippen molar-refractivity contribution in [1.82, 2.24) is 29.9 Å². The van der Waals surface area contributed by atoms with E-state index >= 15 is 0 Å². The number of hydrogen-bond donors (Lipinski definition) is 6. The number of nitrogens with zero attached hydrogens (tertiary/aromatic N) is 12. The van der Waals surface area contributed by atoms with Crippen LogP contribution < -0.4 is 0 Å². The molecule has 10 aliphatic rings. The normalized spacial score (nSPS) is 15.2. The van der Waals surface area contributed by atoms with Gasteiger partial charge in [0.1, 0.15) is 34.0 Å². The Morgan fingerprint density at radius 2 is 0.537 bits per heavy atom. The number of fused-ring (bicyclic) bond motifs is 44. The quantitative estimate of drug-likeness (QED) is 0.0771. The second-order valence-electron chi connectivity index (χ2n) is 35.5. The minimum absolute atomic E-state index is 0. The molecule has 0 amide bonds. The summed E-state index contributed by atoms with van der Waals surface area (Å²) in [6, 6.07) is 82.8. The van der Waals surface area contributed by atoms with Gasteiger partial charge < -0.3 is 55.9 Å². The molecule has 12 heterocycles. The van der Waals surface area contributed by atoms with Gasteiger partial charge in [-0.3, -0.25) is 20.0 Å². The fraction of sp³-hybridized carbons (Fsp3) is 0.107. The van der Waals surface area contributed by atoms with Gasteiger partial charge in [0.15, 0.2) is 11.5 Å². The molecule has 14 aromatic rings. The van der Waals surface area contributed by atoms with Crippen LogP contribution in [0.4, 0.5) is 11.9 Å². The molecule has 18 nitrogen and oxygen atoms in total. The van der Waals surface area contributed by atoms with E-state index in [0.29, 0.717) is 77.3 Å². The molecule has 136 heavy (non-hydrogen) atoms. The summed E-state index contributed by atoms with van der Waals surface area (Å²) in [5.41, 5.74) is 25.3. The summed E-state index contributed by atoms with van der Waals surface area (Å²) in [4.78, 5) is 57.3. The Morgan fingerprint density at radius 1 is 0.257 bits per heavy atom. The summed E-state index contributed by atoms with van der Waals surface area (Å²) in [6.45, 7) is 17.3. The molecule has 24 heteroatoms. The van der Waals surface area contributed by atoms with Crippen molar-refractivity contribution in [2.45, 2.75) is 86.8 Å². The van der Waals surface area contributed by atoms with E-state index in [-0.39, 0.29) is 131 Å². The molecule has 32 bridgehead atoms. The maximum Gasteiger partial charge on any atom is 2.00 e. The third-order valence-corrected chi connectivity index (χ3v) is 26.8. The smallest absolute Gasteiger partial charge is 0.779 e. The fourth-order valence-corrected chi connectivity index (χ4v) is 19.8. The summed E-state index contributed by atoms with van der Waals surface area (Å²) < 4.78 is 0. The average molecular weight is 2540 g/mol. The number of hydrogen-bond acceptors (Lipinski definition) is 20. The van der Waals surface area contributed by atoms with E-state index < -0.39 is 21.7 Å². The number of aromatic nitrogens is 6. The molecule has 0 unspecified atom stereocenters. The first-order valence-electron chi connectivity index (χ1n) is 43.3. The topological polar surface area (TPSA) is 273 Å². The van der Waals surface area contributed by atoms with Gasteiger partial charge in [0.2, 0.25) is 0 Å². The molecule has 6 N–H and O–H groups in total. The van der Waals surface area contributed by atoms with Gasteiger partial charge in [-0.2, -0.15) is 9.79 Å². The summed E-state index contributed by atoms with van der Waals surface area (Å²) >= 11 is 12.4. The van der Waals surface area contributed by atoms with Crippen molar-refractivity contribution in [3.63, 3.8) is 0 Å². The van der Waals surface area contributed by atoms with Gasteiger partial charge in [0.05, 0.1) is 92.2 Å². The summed E-state index contributed by atoms with van der Waals surface area (Å²) in [5, 5.41) is 69.5. The SMILES string of the molecule is CC1(C)C2=NC(=Cc3cccc(c3O)C(C)(C)C3=NC(=Cc4cccc1c4O)c1ccccc13)c1ccccc12.CC1(C)C2=NC(=Cc3cccc(c3[S-])C(C)(C)C3=NC(=Cc4cccc1c4[S-])c1ccccc13)c1ccccc12.Oc1c2cccc1c1nc(cc3cccc(c4nc(c2)C=C4)c3O)C=C1.Oc1c2cccc1c1nc(nc3cccc(c4nc(n2)N=C4)c3O)N=C1.[Pt+2].[Pt].[Pt].[Pt]. The maximum absolute atomic E-state index is 11.7. The molecule has 678 valence electrons. The Hall–Kier alpha value is -13.4. The summed E-state index contributed by atoms with van der Waals surface area (Å²) in [6.07, 6.45) is 18.7. The van der Waals surface area contributed by atoms with Crippen molar-refractivity contribution in [2.75, 3.05) is 0 Å². The molecule has 0 spiro atoms. The average Bonchev–Trinajstić information content (AvgIpc) is 1.59. The van der Waals surface area contributed by atoms with Gasteiger partial charge in [0.25, 0.3) is 11.9 Å². The van der Waals surface area contributed by atoms with Crippen molar-refractivity contribution in [3.05, 3.63) is 378 Å². The number of rotatable bonds is 0. The van der Waals surface area contributed by atoms with Crippen LogP contribution in [-0.2, 0) is 131 Å². The summed E-state index contributed by atoms with van der Waals surface area (Å²) in [7, 11) is 0. The zero-order chi connectivity index (χ0) is 91.0. The third kappa shape index (κ3) is 16.6. The van der Waals surface area contributed by atoms with Crippen LogP contribution in [0.5, 0.6) is 34.5 Å². The number of aromatic hydroxyl groups is 6. The van der Waals surface area contributed by atoms with Gasteiger partial charge in [-0.1, -0.05) is 245 Å². The molecule has 0 atom stereocenters. The zero-order valence-corrected chi connectivity index (χ0v) is 84.9. The predicted molar refractivity (Wildman–Crippen MR) is 537 cm³/mol. The molecule has 2 aromatic heterocycles. The van der Waals surface area contributed by atoms with Crippen LogP contribution in [0.15, 0.2) is 295 Å². The molecule has 0 saturated heterocycles. The van der Waals surface area contributed by atoms with E-state index in [2.05, 4.69) is 217 Å². The standard InChI is InChI=1S/C36H30N2O2.C36H30N2S2.C22H14N2O2.C18H10N6O2.4Pt/c2*1-35(2)27-17-9-11-21(31(27)39)19-30-24-14-6-8-16-26(24)34(38-30)36(3,4)28-18-10-12-22(32(28)40)20-29-23-13-5-7-15-25(23)33(35)37-29;25-21-13-3-1-5-17(21)19-9-7-16(23-19)12-14-4-2-6-18(22(14)26)20-10-8-15(11-13)24-20;25-15-9-3-1-5-11(15)21-17-20-8-14(24-17)10-4-2-6-12(16(10)26)22-18-19-7-13(9)23-18;;;;/h2*5-20,39-40H,1-4H3;1-12,25-26H;1-8,25-26H;;;;/q;;;;;;;+2/p-2. The molecule has 12 aromatic carbocycles. The Balaban J connectivity index is 0.000000127. The fourth-order valence-electron chi connectivity index (χ4n) is 18.9. The molecular formula is C112H82N12O6Pt4S2. The van der Waals surface area contributed by atoms with Crippen LogP contribution in [0.3, 0.4) is 0 Å². The zero-order valence-electron chi connectivity index (χ0n) is 74.2. The van der Waals surface area contributed by atoms with E-state index in [1.807, 2.05) is 146 Å². The van der Waals surface area contributed by atoms with Crippen molar-refractivity contribution in [3.8, 4) is 34.5 Å². The minimum Gasteiger partial charge on any atom is -0.779 e. The van der Waals surface area contributed by atoms with Crippen LogP contribution in [0.25, 0.3) is 115 Å². The Bertz CT molecular complexity index is 7220. The number of phenols is 6. The number of phenolic OH excluding ortho intramolecular Hbond substituents is 6. The van der Waals surface area contributed by atoms with Crippen LogP contribution >= 0.6 is 0 Å². The van der Waals surface area contributed by atoms with Crippen molar-refractivity contribution in [1.29, 1.82) is 0 Å². The van der Waals surface area contributed by atoms with Gasteiger partial charge in [-0.05, 0) is 136 Å². The largest absolute Gasteiger partial charge is 2.00 e. The molecule has 0 saturated carbocycles. The second-order valence-corrected chi connectivity index (χ2v) is 36.4. The molecule has 0 radical (unpaired) electrons. The van der Waals surface area contributed by atoms with Crippen LogP contribution in [0.2, 0.25) is 0 Å². The van der Waals surface area contributed by atoms with Gasteiger partial charge in [-0.15, -0.1) is 0 Å². The van der Waals surface area contributed by atoms with Crippen LogP contribution in [-0.4, -0.2) is 95.8 Å². The first kappa shape index (κ1) is 94.4. The van der Waals surface area contributed by atoms with E-state index in [1.54, 1.807) is 36.4 Å². The number of benzene rings is 12. The van der Waals surface area contributed by atoms with Crippen molar-refractivity contribution >= 4 is 187 Å². The molecule has 10 aliphatic heterocycles. The minimum atomic E-state index is -0.602. The van der Waals surface area contributed by atoms with E-state index in [1.165, 1.54) is 12.4 Å². The number of aliphatic imine (C=N–C) groups is 6. The third-order valence-electron chi connectivity index (χ3n) is 25.9. The van der Waals surface area contributed by atoms with E-state index in [9.17, 15) is 30.6 Å². The Morgan fingerprint density at radius 3 is 0.875 bits per heavy atom. The molecule has 0 aliphatic carbocycles. The first-order chi connectivity index (χ1) is 63.7. The van der Waals surface area contributed by atoms with E-state index in [0.717, 1.165) is 145 Å². The second kappa shape index (κ2) is 37.0. The van der Waals surface area contributed by atoms with Crippen molar-refractivity contribution in [2.24, 2.45) is 30.0 Å². The van der Waals surface area contributed by atoms with Gasteiger partial charge >= 0.3 is 21.1 Å². The van der Waals surface area contributed by atoms with Crippen LogP contribution in [0, 0.1) is 0 Å². The molecule has 0 fully saturated rings. The van der Waals surface area contributed by atoms with E-state index in [4.69, 9.17) is 45.2 Å².